The number of hydrogen-bond acceptors (Lipinski definition) is 7. The second kappa shape index (κ2) is 8.42. The molecule has 3 aliphatic heterocycles. The molecule has 0 spiro atoms. The summed E-state index contributed by atoms with van der Waals surface area (Å²) in [5.41, 5.74) is 2.61. The van der Waals surface area contributed by atoms with Crippen LogP contribution in [0.1, 0.15) is 19.3 Å². The molecule has 0 saturated carbocycles. The van der Waals surface area contributed by atoms with Gasteiger partial charge >= 0.3 is 0 Å². The third-order valence-electron chi connectivity index (χ3n) is 5.98. The fraction of sp³-hybridized carbons (Fsp3) is 0.429. The number of hydrogen-bond donors (Lipinski definition) is 2. The Balaban J connectivity index is 1.26. The molecule has 1 atom stereocenters. The maximum Gasteiger partial charge on any atom is 0.261 e. The lowest BCUT2D eigenvalue weighted by atomic mass is 10.1. The van der Waals surface area contributed by atoms with Gasteiger partial charge in [-0.2, -0.15) is 4.31 Å². The lowest BCUT2D eigenvalue weighted by molar-refractivity contribution is -0.112. The Labute approximate surface area is 186 Å². The van der Waals surface area contributed by atoms with E-state index < -0.39 is 10.0 Å². The van der Waals surface area contributed by atoms with Crippen molar-refractivity contribution in [3.05, 3.63) is 52.1 Å². The zero-order chi connectivity index (χ0) is 21.4. The van der Waals surface area contributed by atoms with Gasteiger partial charge in [0.15, 0.2) is 0 Å². The number of pyridine rings is 1. The summed E-state index contributed by atoms with van der Waals surface area (Å²) in [6.07, 6.45) is 11.1. The number of carbonyl (C=O) groups excluding carboxylic acids is 1. The van der Waals surface area contributed by atoms with Crippen LogP contribution in [-0.4, -0.2) is 61.7 Å². The lowest BCUT2D eigenvalue weighted by Crippen LogP contribution is -2.43. The molecule has 4 aliphatic rings. The predicted octanol–water partition coefficient (Wildman–Crippen LogP) is 2.03. The Morgan fingerprint density at radius 1 is 1.29 bits per heavy atom. The highest BCUT2D eigenvalue weighted by atomic mass is 32.2. The predicted molar refractivity (Wildman–Crippen MR) is 123 cm³/mol. The van der Waals surface area contributed by atoms with Crippen molar-refractivity contribution in [3.63, 3.8) is 0 Å². The van der Waals surface area contributed by atoms with E-state index in [2.05, 4.69) is 20.5 Å². The van der Waals surface area contributed by atoms with E-state index in [4.69, 9.17) is 0 Å². The molecule has 1 aliphatic carbocycles. The first-order chi connectivity index (χ1) is 15.0. The molecule has 1 unspecified atom stereocenters. The average molecular weight is 460 g/mol. The van der Waals surface area contributed by atoms with E-state index in [-0.39, 0.29) is 11.3 Å². The molecule has 1 saturated heterocycles. The first-order valence-electron chi connectivity index (χ1n) is 10.5. The summed E-state index contributed by atoms with van der Waals surface area (Å²) in [7, 11) is -3.48. The maximum atomic E-state index is 13.0. The van der Waals surface area contributed by atoms with Gasteiger partial charge in [0.2, 0.25) is 10.0 Å². The molecule has 1 aromatic rings. The van der Waals surface area contributed by atoms with Gasteiger partial charge in [-0.1, -0.05) is 12.2 Å². The van der Waals surface area contributed by atoms with Crippen molar-refractivity contribution in [3.8, 4) is 0 Å². The van der Waals surface area contributed by atoms with Crippen LogP contribution in [0.5, 0.6) is 0 Å². The van der Waals surface area contributed by atoms with Crippen molar-refractivity contribution in [1.82, 2.24) is 14.6 Å². The summed E-state index contributed by atoms with van der Waals surface area (Å²) in [5, 5.41) is 6.03. The number of amides is 1. The van der Waals surface area contributed by atoms with Gasteiger partial charge in [-0.25, -0.2) is 8.42 Å². The van der Waals surface area contributed by atoms with E-state index in [0.29, 0.717) is 28.5 Å². The van der Waals surface area contributed by atoms with Crippen LogP contribution in [-0.2, 0) is 14.8 Å². The first kappa shape index (κ1) is 20.7. The number of nitrogens with one attached hydrogen (secondary N) is 2. The summed E-state index contributed by atoms with van der Waals surface area (Å²) in [5.74, 6) is -0.217. The number of carbonyl (C=O) groups is 1. The highest BCUT2D eigenvalue weighted by molar-refractivity contribution is 8.05. The smallest absolute Gasteiger partial charge is 0.261 e. The van der Waals surface area contributed by atoms with Crippen molar-refractivity contribution in [2.45, 2.75) is 24.6 Å². The quantitative estimate of drug-likeness (QED) is 0.711. The number of sulfonamides is 1. The third-order valence-corrected chi connectivity index (χ3v) is 9.42. The Hall–Kier alpha value is -2.14. The van der Waals surface area contributed by atoms with Crippen LogP contribution in [0.25, 0.3) is 0 Å². The molecule has 8 nitrogen and oxygen atoms in total. The van der Waals surface area contributed by atoms with Crippen LogP contribution in [0.3, 0.4) is 0 Å². The molecule has 164 valence electrons. The molecular formula is C21H25N5O3S2. The van der Waals surface area contributed by atoms with Crippen LogP contribution in [0, 0.1) is 0 Å². The van der Waals surface area contributed by atoms with Gasteiger partial charge in [0.1, 0.15) is 0 Å². The van der Waals surface area contributed by atoms with Crippen LogP contribution >= 0.6 is 11.8 Å². The van der Waals surface area contributed by atoms with Gasteiger partial charge in [0.25, 0.3) is 5.91 Å². The number of anilines is 2. The molecule has 1 amide bonds. The Morgan fingerprint density at radius 3 is 2.94 bits per heavy atom. The van der Waals surface area contributed by atoms with Crippen molar-refractivity contribution in [2.24, 2.45) is 0 Å². The number of allylic oxidation sites excluding steroid dienone is 2. The highest BCUT2D eigenvalue weighted by Gasteiger charge is 2.42. The van der Waals surface area contributed by atoms with Gasteiger partial charge in [-0.05, 0) is 37.0 Å². The van der Waals surface area contributed by atoms with E-state index in [1.54, 1.807) is 22.8 Å². The van der Waals surface area contributed by atoms with Gasteiger partial charge in [-0.3, -0.25) is 9.78 Å². The van der Waals surface area contributed by atoms with E-state index in [1.807, 2.05) is 18.2 Å². The zero-order valence-corrected chi connectivity index (χ0v) is 18.7. The van der Waals surface area contributed by atoms with E-state index in [9.17, 15) is 13.2 Å². The molecule has 0 aromatic carbocycles. The molecule has 10 heteroatoms. The largest absolute Gasteiger partial charge is 0.367 e. The fourth-order valence-corrected chi connectivity index (χ4v) is 7.66. The number of thioether (sulfide) groups is 1. The topological polar surface area (TPSA) is 94.6 Å². The molecule has 0 bridgehead atoms. The minimum atomic E-state index is -3.48. The minimum Gasteiger partial charge on any atom is -0.367 e. The average Bonchev–Trinajstić information content (AvgIpc) is 3.38. The lowest BCUT2D eigenvalue weighted by Gasteiger charge is -2.30. The normalized spacial score (nSPS) is 25.5. The van der Waals surface area contributed by atoms with Gasteiger partial charge in [0.05, 0.1) is 32.8 Å². The molecule has 0 radical (unpaired) electrons. The van der Waals surface area contributed by atoms with Gasteiger partial charge in [-0.15, -0.1) is 11.8 Å². The Morgan fingerprint density at radius 2 is 2.13 bits per heavy atom. The molecule has 5 rings (SSSR count). The Kier molecular flexibility index (Phi) is 5.63. The maximum absolute atomic E-state index is 13.0. The monoisotopic (exact) mass is 459 g/mol. The first-order valence-corrected chi connectivity index (χ1v) is 12.8. The summed E-state index contributed by atoms with van der Waals surface area (Å²) in [6, 6.07) is 1.92. The SMILES string of the molecule is O=C(Nc1cnccc1N1CCNCC1)C1=CCC(N2CC3=C(C=CCC3)S2(=O)=O)S1. The molecule has 1 fully saturated rings. The van der Waals surface area contributed by atoms with E-state index in [0.717, 1.165) is 50.3 Å². The minimum absolute atomic E-state index is 0.217. The summed E-state index contributed by atoms with van der Waals surface area (Å²) in [4.78, 5) is 20.4. The fourth-order valence-electron chi connectivity index (χ4n) is 4.39. The number of nitrogens with zero attached hydrogens (tertiary/aromatic N) is 3. The molecule has 2 N–H and O–H groups in total. The van der Waals surface area contributed by atoms with E-state index >= 15 is 0 Å². The molecule has 1 aromatic heterocycles. The molecular weight excluding hydrogens is 434 g/mol. The third kappa shape index (κ3) is 3.93. The Bertz CT molecular complexity index is 1090. The van der Waals surface area contributed by atoms with Crippen LogP contribution in [0.4, 0.5) is 11.4 Å². The zero-order valence-electron chi connectivity index (χ0n) is 17.1. The van der Waals surface area contributed by atoms with Crippen LogP contribution < -0.4 is 15.5 Å². The molecule has 4 heterocycles. The van der Waals surface area contributed by atoms with Crippen LogP contribution in [0.2, 0.25) is 0 Å². The van der Waals surface area contributed by atoms with Gasteiger partial charge < -0.3 is 15.5 Å². The van der Waals surface area contributed by atoms with Gasteiger partial charge in [0, 0.05) is 38.9 Å². The van der Waals surface area contributed by atoms with Crippen molar-refractivity contribution < 1.29 is 13.2 Å². The summed E-state index contributed by atoms with van der Waals surface area (Å²) >= 11 is 1.33. The van der Waals surface area contributed by atoms with Crippen LogP contribution in [0.15, 0.2) is 52.1 Å². The molecule has 31 heavy (non-hydrogen) atoms. The number of aromatic nitrogens is 1. The van der Waals surface area contributed by atoms with Crippen molar-refractivity contribution >= 4 is 39.1 Å². The van der Waals surface area contributed by atoms with Crippen molar-refractivity contribution in [2.75, 3.05) is 42.9 Å². The second-order valence-corrected chi connectivity index (χ2v) is 11.0. The second-order valence-electron chi connectivity index (χ2n) is 7.92. The van der Waals surface area contributed by atoms with E-state index in [1.165, 1.54) is 11.8 Å². The highest BCUT2D eigenvalue weighted by Crippen LogP contribution is 2.43. The number of piperazine rings is 1. The van der Waals surface area contributed by atoms with Crippen molar-refractivity contribution in [1.29, 1.82) is 0 Å². The summed E-state index contributed by atoms with van der Waals surface area (Å²) < 4.78 is 27.5. The standard InChI is InChI=1S/C21H25N5O3S2/c27-21(24-16-13-23-8-7-17(16)25-11-9-22-10-12-25)18-5-6-20(30-18)26-14-15-3-1-2-4-19(15)31(26,28)29/h2,4-5,7-8,13,20,22H,1,3,6,9-12,14H2,(H,24,27). The number of rotatable bonds is 4. The summed E-state index contributed by atoms with van der Waals surface area (Å²) in [6.45, 7) is 3.96.